The van der Waals surface area contributed by atoms with E-state index in [-0.39, 0.29) is 24.1 Å². The standard InChI is InChI=1S/C17H25FN2O2.ClH/c1-3-19-12-13-8-10-20(11-9-13)17(21)14-6-5-7-15(18)16(14)22-4-2;/h5-7,13,19H,3-4,8-12H2,1-2H3;1H. The van der Waals surface area contributed by atoms with Crippen LogP contribution in [0.3, 0.4) is 0 Å². The average Bonchev–Trinajstić information content (AvgIpc) is 2.55. The Kier molecular flexibility index (Phi) is 8.34. The van der Waals surface area contributed by atoms with Crippen molar-refractivity contribution in [3.8, 4) is 5.75 Å². The predicted octanol–water partition coefficient (Wildman–Crippen LogP) is 3.11. The highest BCUT2D eigenvalue weighted by molar-refractivity contribution is 5.97. The minimum atomic E-state index is -0.477. The summed E-state index contributed by atoms with van der Waals surface area (Å²) in [5.74, 6) is 0.0761. The van der Waals surface area contributed by atoms with Crippen LogP contribution in [0.2, 0.25) is 0 Å². The van der Waals surface area contributed by atoms with E-state index in [9.17, 15) is 9.18 Å². The number of amides is 1. The van der Waals surface area contributed by atoms with Crippen LogP contribution in [0.1, 0.15) is 37.0 Å². The summed E-state index contributed by atoms with van der Waals surface area (Å²) in [7, 11) is 0. The summed E-state index contributed by atoms with van der Waals surface area (Å²) in [5, 5.41) is 3.35. The van der Waals surface area contributed by atoms with E-state index in [1.165, 1.54) is 6.07 Å². The maximum absolute atomic E-state index is 13.9. The van der Waals surface area contributed by atoms with Crippen LogP contribution in [0, 0.1) is 11.7 Å². The molecule has 1 aromatic carbocycles. The number of hydrogen-bond donors (Lipinski definition) is 1. The van der Waals surface area contributed by atoms with Gasteiger partial charge in [0, 0.05) is 13.1 Å². The highest BCUT2D eigenvalue weighted by Crippen LogP contribution is 2.26. The molecule has 0 saturated carbocycles. The van der Waals surface area contributed by atoms with Crippen LogP contribution in [0.25, 0.3) is 0 Å². The van der Waals surface area contributed by atoms with Crippen molar-refractivity contribution >= 4 is 18.3 Å². The molecule has 1 saturated heterocycles. The zero-order valence-electron chi connectivity index (χ0n) is 13.8. The number of halogens is 2. The van der Waals surface area contributed by atoms with Crippen LogP contribution in [-0.2, 0) is 0 Å². The largest absolute Gasteiger partial charge is 0.490 e. The van der Waals surface area contributed by atoms with Crippen molar-refractivity contribution in [3.63, 3.8) is 0 Å². The lowest BCUT2D eigenvalue weighted by atomic mass is 9.96. The molecule has 1 fully saturated rings. The van der Waals surface area contributed by atoms with Gasteiger partial charge in [0.25, 0.3) is 5.91 Å². The number of carbonyl (C=O) groups is 1. The van der Waals surface area contributed by atoms with Gasteiger partial charge in [-0.15, -0.1) is 12.4 Å². The smallest absolute Gasteiger partial charge is 0.257 e. The lowest BCUT2D eigenvalue weighted by Crippen LogP contribution is -2.41. The summed E-state index contributed by atoms with van der Waals surface area (Å²) in [4.78, 5) is 14.4. The second-order valence-corrected chi connectivity index (χ2v) is 5.59. The molecular weight excluding hydrogens is 319 g/mol. The summed E-state index contributed by atoms with van der Waals surface area (Å²) < 4.78 is 19.2. The highest BCUT2D eigenvalue weighted by Gasteiger charge is 2.26. The van der Waals surface area contributed by atoms with Crippen molar-refractivity contribution in [1.82, 2.24) is 10.2 Å². The molecule has 0 aliphatic carbocycles. The van der Waals surface area contributed by atoms with Gasteiger partial charge in [0.2, 0.25) is 0 Å². The Bertz CT molecular complexity index is 505. The van der Waals surface area contributed by atoms with Crippen LogP contribution in [-0.4, -0.2) is 43.6 Å². The lowest BCUT2D eigenvalue weighted by molar-refractivity contribution is 0.0685. The summed E-state index contributed by atoms with van der Waals surface area (Å²) in [6.45, 7) is 7.63. The molecule has 0 radical (unpaired) electrons. The van der Waals surface area contributed by atoms with E-state index in [1.54, 1.807) is 24.0 Å². The minimum Gasteiger partial charge on any atom is -0.490 e. The first-order valence-electron chi connectivity index (χ1n) is 8.08. The number of likely N-dealkylation sites (tertiary alicyclic amines) is 1. The third-order valence-electron chi connectivity index (χ3n) is 4.07. The number of ether oxygens (including phenoxy) is 1. The molecule has 1 aliphatic heterocycles. The molecule has 130 valence electrons. The first kappa shape index (κ1) is 19.7. The third-order valence-corrected chi connectivity index (χ3v) is 4.07. The molecule has 0 unspecified atom stereocenters. The second kappa shape index (κ2) is 9.73. The van der Waals surface area contributed by atoms with Gasteiger partial charge in [-0.1, -0.05) is 13.0 Å². The number of nitrogens with one attached hydrogen (secondary N) is 1. The second-order valence-electron chi connectivity index (χ2n) is 5.59. The predicted molar refractivity (Wildman–Crippen MR) is 92.0 cm³/mol. The molecule has 1 N–H and O–H groups in total. The first-order chi connectivity index (χ1) is 10.7. The Morgan fingerprint density at radius 2 is 2.04 bits per heavy atom. The molecule has 6 heteroatoms. The van der Waals surface area contributed by atoms with E-state index < -0.39 is 5.82 Å². The van der Waals surface area contributed by atoms with Gasteiger partial charge in [0.15, 0.2) is 11.6 Å². The minimum absolute atomic E-state index is 0. The molecular formula is C17H26ClFN2O2. The fraction of sp³-hybridized carbons (Fsp3) is 0.588. The molecule has 2 rings (SSSR count). The van der Waals surface area contributed by atoms with Crippen molar-refractivity contribution in [1.29, 1.82) is 0 Å². The topological polar surface area (TPSA) is 41.6 Å². The Hall–Kier alpha value is -1.33. The molecule has 0 atom stereocenters. The van der Waals surface area contributed by atoms with Gasteiger partial charge in [-0.3, -0.25) is 4.79 Å². The molecule has 0 spiro atoms. The van der Waals surface area contributed by atoms with Crippen LogP contribution in [0.5, 0.6) is 5.75 Å². The summed E-state index contributed by atoms with van der Waals surface area (Å²) in [6.07, 6.45) is 1.97. The Labute approximate surface area is 143 Å². The van der Waals surface area contributed by atoms with E-state index in [4.69, 9.17) is 4.74 Å². The first-order valence-corrected chi connectivity index (χ1v) is 8.08. The van der Waals surface area contributed by atoms with Crippen molar-refractivity contribution in [3.05, 3.63) is 29.6 Å². The van der Waals surface area contributed by atoms with E-state index in [0.29, 0.717) is 18.1 Å². The number of rotatable bonds is 6. The van der Waals surface area contributed by atoms with Crippen molar-refractivity contribution in [2.75, 3.05) is 32.8 Å². The van der Waals surface area contributed by atoms with Crippen LogP contribution in [0.15, 0.2) is 18.2 Å². The normalized spacial score (nSPS) is 15.2. The van der Waals surface area contributed by atoms with Gasteiger partial charge >= 0.3 is 0 Å². The fourth-order valence-electron chi connectivity index (χ4n) is 2.83. The lowest BCUT2D eigenvalue weighted by Gasteiger charge is -2.32. The highest BCUT2D eigenvalue weighted by atomic mass is 35.5. The molecule has 1 heterocycles. The van der Waals surface area contributed by atoms with Crippen LogP contribution in [0.4, 0.5) is 4.39 Å². The number of piperidine rings is 1. The zero-order valence-corrected chi connectivity index (χ0v) is 14.6. The molecule has 1 aliphatic rings. The van der Waals surface area contributed by atoms with Gasteiger partial charge in [-0.2, -0.15) is 0 Å². The van der Waals surface area contributed by atoms with Gasteiger partial charge in [-0.25, -0.2) is 4.39 Å². The van der Waals surface area contributed by atoms with Gasteiger partial charge in [-0.05, 0) is 50.9 Å². The Morgan fingerprint density at radius 1 is 1.35 bits per heavy atom. The Balaban J connectivity index is 0.00000264. The zero-order chi connectivity index (χ0) is 15.9. The fourth-order valence-corrected chi connectivity index (χ4v) is 2.83. The maximum atomic E-state index is 13.9. The molecule has 1 aromatic rings. The number of hydrogen-bond acceptors (Lipinski definition) is 3. The molecule has 1 amide bonds. The van der Waals surface area contributed by atoms with Crippen LogP contribution >= 0.6 is 12.4 Å². The van der Waals surface area contributed by atoms with Crippen molar-refractivity contribution < 1.29 is 13.9 Å². The SMILES string of the molecule is CCNCC1CCN(C(=O)c2cccc(F)c2OCC)CC1.Cl. The molecule has 4 nitrogen and oxygen atoms in total. The molecule has 23 heavy (non-hydrogen) atoms. The molecule has 0 aromatic heterocycles. The van der Waals surface area contributed by atoms with E-state index in [2.05, 4.69) is 12.2 Å². The summed E-state index contributed by atoms with van der Waals surface area (Å²) >= 11 is 0. The monoisotopic (exact) mass is 344 g/mol. The van der Waals surface area contributed by atoms with Gasteiger partial charge in [0.05, 0.1) is 12.2 Å². The molecule has 0 bridgehead atoms. The maximum Gasteiger partial charge on any atom is 0.257 e. The number of benzene rings is 1. The van der Waals surface area contributed by atoms with E-state index in [1.807, 2.05) is 0 Å². The van der Waals surface area contributed by atoms with Gasteiger partial charge < -0.3 is 15.0 Å². The number of para-hydroxylation sites is 1. The Morgan fingerprint density at radius 3 is 2.65 bits per heavy atom. The number of carbonyl (C=O) groups excluding carboxylic acids is 1. The van der Waals surface area contributed by atoms with E-state index >= 15 is 0 Å². The average molecular weight is 345 g/mol. The van der Waals surface area contributed by atoms with Gasteiger partial charge in [0.1, 0.15) is 0 Å². The summed E-state index contributed by atoms with van der Waals surface area (Å²) in [6, 6.07) is 4.52. The third kappa shape index (κ3) is 5.08. The summed E-state index contributed by atoms with van der Waals surface area (Å²) in [5.41, 5.74) is 0.326. The number of nitrogens with zero attached hydrogens (tertiary/aromatic N) is 1. The van der Waals surface area contributed by atoms with Crippen LogP contribution < -0.4 is 10.1 Å². The quantitative estimate of drug-likeness (QED) is 0.862. The van der Waals surface area contributed by atoms with Crippen molar-refractivity contribution in [2.45, 2.75) is 26.7 Å². The van der Waals surface area contributed by atoms with Crippen molar-refractivity contribution in [2.24, 2.45) is 5.92 Å². The van der Waals surface area contributed by atoms with E-state index in [0.717, 1.165) is 39.0 Å².